The Hall–Kier alpha value is 1.51. The molecular weight excluding hydrogens is 339 g/mol. The third-order valence-corrected chi connectivity index (χ3v) is 5.53. The number of aliphatic hydroxyl groups excluding tert-OH is 1. The van der Waals surface area contributed by atoms with Crippen molar-refractivity contribution in [1.29, 1.82) is 0 Å². The van der Waals surface area contributed by atoms with E-state index in [-0.39, 0.29) is 57.5 Å². The second-order valence-corrected chi connectivity index (χ2v) is 8.05. The first kappa shape index (κ1) is 26.7. The molecule has 0 fully saturated rings. The molecule has 0 aromatic carbocycles. The van der Waals surface area contributed by atoms with E-state index in [1.54, 1.807) is 0 Å². The van der Waals surface area contributed by atoms with Crippen LogP contribution < -0.4 is 51.4 Å². The van der Waals surface area contributed by atoms with Crippen LogP contribution in [0.4, 0.5) is 0 Å². The number of unbranched alkanes of at least 4 members (excludes halogenated alkanes) is 6. The maximum absolute atomic E-state index is 11.3. The average molecular weight is 375 g/mol. The topological polar surface area (TPSA) is 77.4 Å². The molecule has 0 amide bonds. The number of hydrogen-bond acceptors (Lipinski definition) is 4. The van der Waals surface area contributed by atoms with E-state index in [4.69, 9.17) is 0 Å². The normalized spacial score (nSPS) is 14.3. The Morgan fingerprint density at radius 2 is 1.22 bits per heavy atom. The van der Waals surface area contributed by atoms with Gasteiger partial charge in [-0.1, -0.05) is 65.2 Å². The fraction of sp³-hybridized carbons (Fsp3) is 1.00. The zero-order valence-electron chi connectivity index (χ0n) is 15.4. The molecule has 0 aliphatic carbocycles. The summed E-state index contributed by atoms with van der Waals surface area (Å²) in [7, 11) is -4.20. The van der Waals surface area contributed by atoms with Gasteiger partial charge in [0.15, 0.2) is 0 Å². The van der Waals surface area contributed by atoms with Gasteiger partial charge in [-0.25, -0.2) is 8.42 Å². The minimum absolute atomic E-state index is 0. The minimum atomic E-state index is -4.20. The summed E-state index contributed by atoms with van der Waals surface area (Å²) >= 11 is 0. The van der Waals surface area contributed by atoms with E-state index >= 15 is 0 Å². The van der Waals surface area contributed by atoms with E-state index in [1.165, 1.54) is 19.3 Å². The summed E-state index contributed by atoms with van der Waals surface area (Å²) < 4.78 is 33.8. The molecule has 0 heterocycles. The number of rotatable bonds is 15. The molecule has 0 aliphatic heterocycles. The van der Waals surface area contributed by atoms with E-state index in [9.17, 15) is 18.1 Å². The molecule has 0 aromatic rings. The molecule has 0 rings (SSSR count). The van der Waals surface area contributed by atoms with E-state index in [0.29, 0.717) is 25.7 Å². The molecule has 0 spiro atoms. The molecule has 6 heteroatoms. The van der Waals surface area contributed by atoms with Gasteiger partial charge in [0, 0.05) is 5.25 Å². The van der Waals surface area contributed by atoms with Crippen LogP contribution in [0.1, 0.15) is 97.3 Å². The number of hydrogen-bond donors (Lipinski definition) is 1. The first-order valence-corrected chi connectivity index (χ1v) is 10.5. The second kappa shape index (κ2) is 16.9. The van der Waals surface area contributed by atoms with Gasteiger partial charge < -0.3 is 9.66 Å². The van der Waals surface area contributed by atoms with Crippen LogP contribution in [0.2, 0.25) is 0 Å². The molecule has 4 nitrogen and oxygen atoms in total. The van der Waals surface area contributed by atoms with Crippen molar-refractivity contribution in [2.24, 2.45) is 0 Å². The summed E-state index contributed by atoms with van der Waals surface area (Å²) in [6.45, 7) is 4.23. The maximum Gasteiger partial charge on any atom is 1.00 e. The summed E-state index contributed by atoms with van der Waals surface area (Å²) in [4.78, 5) is 0. The second-order valence-electron chi connectivity index (χ2n) is 6.40. The smallest absolute Gasteiger partial charge is 0.748 e. The zero-order chi connectivity index (χ0) is 16.8. The van der Waals surface area contributed by atoms with Gasteiger partial charge in [0.05, 0.1) is 16.2 Å². The Kier molecular flexibility index (Phi) is 19.7. The molecule has 134 valence electrons. The third kappa shape index (κ3) is 16.7. The van der Waals surface area contributed by atoms with Gasteiger partial charge in [-0.3, -0.25) is 0 Å². The van der Waals surface area contributed by atoms with Crippen LogP contribution in [0.3, 0.4) is 0 Å². The van der Waals surface area contributed by atoms with Gasteiger partial charge in [0.25, 0.3) is 0 Å². The van der Waals surface area contributed by atoms with Gasteiger partial charge in [-0.15, -0.1) is 0 Å². The SMILES string of the molecule is CCCCCCCC(O)CCCC(CCCCC)S(=O)(=O)[O-].[K+]. The van der Waals surface area contributed by atoms with Gasteiger partial charge in [-0.2, -0.15) is 0 Å². The van der Waals surface area contributed by atoms with Gasteiger partial charge in [-0.05, 0) is 32.1 Å². The Balaban J connectivity index is 0. The van der Waals surface area contributed by atoms with Crippen LogP contribution in [-0.4, -0.2) is 29.4 Å². The van der Waals surface area contributed by atoms with Gasteiger partial charge in [0.2, 0.25) is 0 Å². The maximum atomic E-state index is 11.3. The first-order valence-electron chi connectivity index (χ1n) is 9.04. The summed E-state index contributed by atoms with van der Waals surface area (Å²) in [5.41, 5.74) is 0. The monoisotopic (exact) mass is 374 g/mol. The van der Waals surface area contributed by atoms with Crippen LogP contribution in [0.25, 0.3) is 0 Å². The predicted molar refractivity (Wildman–Crippen MR) is 90.9 cm³/mol. The standard InChI is InChI=1S/C17H36O4S.K/c1-3-5-7-8-10-12-16(18)13-11-15-17(22(19,20)21)14-9-6-4-2;/h16-18H,3-15H2,1-2H3,(H,19,20,21);/q;+1/p-1. The molecule has 0 aliphatic rings. The molecule has 0 aromatic heterocycles. The van der Waals surface area contributed by atoms with E-state index in [0.717, 1.165) is 38.5 Å². The molecule has 2 atom stereocenters. The Morgan fingerprint density at radius 3 is 1.78 bits per heavy atom. The van der Waals surface area contributed by atoms with Crippen LogP contribution in [0, 0.1) is 0 Å². The van der Waals surface area contributed by atoms with Crippen molar-refractivity contribution in [3.8, 4) is 0 Å². The zero-order valence-corrected chi connectivity index (χ0v) is 19.4. The first-order chi connectivity index (χ1) is 10.4. The molecule has 0 bridgehead atoms. The van der Waals surface area contributed by atoms with Crippen molar-refractivity contribution in [3.63, 3.8) is 0 Å². The Bertz CT molecular complexity index is 347. The molecular formula is C17H35KO4S. The Labute approximate surface area is 186 Å². The predicted octanol–water partition coefficient (Wildman–Crippen LogP) is 1.38. The van der Waals surface area contributed by atoms with Gasteiger partial charge in [0.1, 0.15) is 0 Å². The molecule has 0 saturated heterocycles. The van der Waals surface area contributed by atoms with Crippen molar-refractivity contribution in [1.82, 2.24) is 0 Å². The Morgan fingerprint density at radius 1 is 0.783 bits per heavy atom. The summed E-state index contributed by atoms with van der Waals surface area (Å²) in [5.74, 6) is 0. The van der Waals surface area contributed by atoms with Crippen molar-refractivity contribution in [2.75, 3.05) is 0 Å². The fourth-order valence-electron chi connectivity index (χ4n) is 2.76. The number of aliphatic hydroxyl groups is 1. The van der Waals surface area contributed by atoms with E-state index in [2.05, 4.69) is 13.8 Å². The summed E-state index contributed by atoms with van der Waals surface area (Å²) in [6.07, 6.45) is 11.1. The van der Waals surface area contributed by atoms with E-state index in [1.807, 2.05) is 0 Å². The summed E-state index contributed by atoms with van der Waals surface area (Å²) in [5, 5.41) is 9.14. The van der Waals surface area contributed by atoms with Crippen molar-refractivity contribution < 1.29 is 69.5 Å². The van der Waals surface area contributed by atoms with Crippen LogP contribution in [-0.2, 0) is 10.1 Å². The average Bonchev–Trinajstić information content (AvgIpc) is 2.44. The molecule has 2 unspecified atom stereocenters. The van der Waals surface area contributed by atoms with Crippen molar-refractivity contribution in [3.05, 3.63) is 0 Å². The molecule has 0 saturated carbocycles. The summed E-state index contributed by atoms with van der Waals surface area (Å²) in [6, 6.07) is 0. The fourth-order valence-corrected chi connectivity index (χ4v) is 3.67. The van der Waals surface area contributed by atoms with Crippen LogP contribution >= 0.6 is 0 Å². The van der Waals surface area contributed by atoms with Crippen molar-refractivity contribution in [2.45, 2.75) is 109 Å². The molecule has 0 radical (unpaired) electrons. The van der Waals surface area contributed by atoms with Gasteiger partial charge >= 0.3 is 51.4 Å². The molecule has 23 heavy (non-hydrogen) atoms. The third-order valence-electron chi connectivity index (χ3n) is 4.24. The minimum Gasteiger partial charge on any atom is -0.748 e. The quantitative estimate of drug-likeness (QED) is 0.267. The van der Waals surface area contributed by atoms with E-state index < -0.39 is 15.4 Å². The molecule has 1 N–H and O–H groups in total. The largest absolute Gasteiger partial charge is 1.00 e. The van der Waals surface area contributed by atoms with Crippen LogP contribution in [0.5, 0.6) is 0 Å². The van der Waals surface area contributed by atoms with Crippen molar-refractivity contribution >= 4 is 10.1 Å². The van der Waals surface area contributed by atoms with Crippen LogP contribution in [0.15, 0.2) is 0 Å².